The van der Waals surface area contributed by atoms with Crippen molar-refractivity contribution in [3.63, 3.8) is 0 Å². The van der Waals surface area contributed by atoms with E-state index in [-0.39, 0.29) is 23.2 Å². The third-order valence-corrected chi connectivity index (χ3v) is 5.66. The van der Waals surface area contributed by atoms with Crippen molar-refractivity contribution in [1.82, 2.24) is 24.9 Å². The first-order valence-electron chi connectivity index (χ1n) is 10.5. The van der Waals surface area contributed by atoms with E-state index in [2.05, 4.69) is 15.3 Å². The number of anilines is 1. The van der Waals surface area contributed by atoms with E-state index in [4.69, 9.17) is 0 Å². The van der Waals surface area contributed by atoms with Crippen LogP contribution in [0.15, 0.2) is 73.1 Å². The van der Waals surface area contributed by atoms with E-state index in [9.17, 15) is 13.6 Å². The van der Waals surface area contributed by atoms with E-state index < -0.39 is 0 Å². The lowest BCUT2D eigenvalue weighted by Gasteiger charge is -2.36. The van der Waals surface area contributed by atoms with Crippen LogP contribution in [-0.2, 0) is 0 Å². The number of hydrogen-bond donors (Lipinski definition) is 0. The zero-order chi connectivity index (χ0) is 22.8. The molecule has 1 aliphatic heterocycles. The lowest BCUT2D eigenvalue weighted by atomic mass is 10.1. The number of hydrogen-bond acceptors (Lipinski definition) is 5. The summed E-state index contributed by atoms with van der Waals surface area (Å²) in [7, 11) is 0. The summed E-state index contributed by atoms with van der Waals surface area (Å²) in [6.45, 7) is 1.85. The zero-order valence-electron chi connectivity index (χ0n) is 17.6. The molecule has 1 amide bonds. The molecule has 7 nitrogen and oxygen atoms in total. The van der Waals surface area contributed by atoms with Crippen molar-refractivity contribution in [2.75, 3.05) is 31.1 Å². The first-order valence-corrected chi connectivity index (χ1v) is 10.5. The quantitative estimate of drug-likeness (QED) is 0.480. The van der Waals surface area contributed by atoms with Crippen LogP contribution < -0.4 is 4.90 Å². The average molecular weight is 446 g/mol. The Bertz CT molecular complexity index is 1270. The largest absolute Gasteiger partial charge is 0.366 e. The molecule has 3 heterocycles. The molecule has 0 radical (unpaired) electrons. The fraction of sp³-hybridized carbons (Fsp3) is 0.167. The number of carbonyl (C=O) groups is 1. The van der Waals surface area contributed by atoms with Gasteiger partial charge in [0.15, 0.2) is 5.69 Å². The van der Waals surface area contributed by atoms with Gasteiger partial charge in [0.05, 0.1) is 11.4 Å². The van der Waals surface area contributed by atoms with E-state index >= 15 is 0 Å². The van der Waals surface area contributed by atoms with E-state index in [1.165, 1.54) is 22.9 Å². The molecule has 4 aromatic rings. The summed E-state index contributed by atoms with van der Waals surface area (Å²) in [5, 5.41) is 8.39. The number of carbonyl (C=O) groups excluding carboxylic acids is 1. The molecule has 1 fully saturated rings. The van der Waals surface area contributed by atoms with E-state index in [0.717, 1.165) is 0 Å². The highest BCUT2D eigenvalue weighted by atomic mass is 19.1. The van der Waals surface area contributed by atoms with Gasteiger partial charge in [0.2, 0.25) is 0 Å². The third kappa shape index (κ3) is 4.05. The Morgan fingerprint density at radius 3 is 2.24 bits per heavy atom. The first kappa shape index (κ1) is 20.7. The molecule has 0 saturated carbocycles. The molecule has 166 valence electrons. The van der Waals surface area contributed by atoms with Gasteiger partial charge < -0.3 is 9.80 Å². The van der Waals surface area contributed by atoms with Crippen molar-refractivity contribution >= 4 is 11.6 Å². The highest BCUT2D eigenvalue weighted by Crippen LogP contribution is 2.27. The van der Waals surface area contributed by atoms with Gasteiger partial charge in [0.25, 0.3) is 5.91 Å². The van der Waals surface area contributed by atoms with Gasteiger partial charge in [0.1, 0.15) is 17.3 Å². The number of para-hydroxylation sites is 1. The summed E-state index contributed by atoms with van der Waals surface area (Å²) in [6, 6.07) is 16.0. The van der Waals surface area contributed by atoms with Crippen LogP contribution in [0.25, 0.3) is 16.9 Å². The lowest BCUT2D eigenvalue weighted by Crippen LogP contribution is -2.49. The summed E-state index contributed by atoms with van der Waals surface area (Å²) >= 11 is 0. The lowest BCUT2D eigenvalue weighted by molar-refractivity contribution is 0.0741. The summed E-state index contributed by atoms with van der Waals surface area (Å²) in [5.41, 5.74) is 2.53. The minimum absolute atomic E-state index is 0.199. The number of nitrogens with zero attached hydrogens (tertiary/aromatic N) is 6. The normalized spacial score (nSPS) is 13.9. The molecule has 0 spiro atoms. The van der Waals surface area contributed by atoms with Crippen molar-refractivity contribution in [2.24, 2.45) is 0 Å². The minimum atomic E-state index is -0.367. The molecule has 9 heteroatoms. The second-order valence-corrected chi connectivity index (χ2v) is 7.64. The fourth-order valence-electron chi connectivity index (χ4n) is 3.97. The molecule has 0 N–H and O–H groups in total. The Hall–Kier alpha value is -4.14. The predicted octanol–water partition coefficient (Wildman–Crippen LogP) is 3.57. The summed E-state index contributed by atoms with van der Waals surface area (Å²) in [5.74, 6) is -0.906. The second kappa shape index (κ2) is 8.78. The molecule has 33 heavy (non-hydrogen) atoms. The Morgan fingerprint density at radius 1 is 0.848 bits per heavy atom. The van der Waals surface area contributed by atoms with Crippen LogP contribution in [0.2, 0.25) is 0 Å². The summed E-state index contributed by atoms with van der Waals surface area (Å²) < 4.78 is 29.1. The van der Waals surface area contributed by atoms with Crippen LogP contribution in [-0.4, -0.2) is 57.0 Å². The van der Waals surface area contributed by atoms with Gasteiger partial charge in [0, 0.05) is 44.1 Å². The molecule has 2 aromatic carbocycles. The van der Waals surface area contributed by atoms with E-state index in [1.54, 1.807) is 59.8 Å². The van der Waals surface area contributed by atoms with Crippen LogP contribution in [0.4, 0.5) is 14.5 Å². The topological polar surface area (TPSA) is 67.2 Å². The predicted molar refractivity (Wildman–Crippen MR) is 119 cm³/mol. The molecule has 1 aliphatic rings. The number of piperazine rings is 1. The molecule has 0 bridgehead atoms. The second-order valence-electron chi connectivity index (χ2n) is 7.64. The number of halogens is 2. The van der Waals surface area contributed by atoms with Crippen molar-refractivity contribution in [1.29, 1.82) is 0 Å². The standard InChI is InChI=1S/C24H20F2N6O/c25-18-5-7-19(8-6-18)32-23(17-9-11-27-12-10-17)22(28-29-32)24(33)31-15-13-30(14-16-31)21-4-2-1-3-20(21)26/h1-12H,13-16H2. The van der Waals surface area contributed by atoms with Crippen molar-refractivity contribution < 1.29 is 13.6 Å². The Kier molecular flexibility index (Phi) is 5.52. The highest BCUT2D eigenvalue weighted by Gasteiger charge is 2.29. The van der Waals surface area contributed by atoms with Crippen LogP contribution in [0, 0.1) is 11.6 Å². The number of aromatic nitrogens is 4. The van der Waals surface area contributed by atoms with E-state index in [0.29, 0.717) is 48.8 Å². The smallest absolute Gasteiger partial charge is 0.276 e. The maximum absolute atomic E-state index is 14.2. The molecule has 0 aliphatic carbocycles. The van der Waals surface area contributed by atoms with Gasteiger partial charge >= 0.3 is 0 Å². The fourth-order valence-corrected chi connectivity index (χ4v) is 3.97. The molecule has 0 atom stereocenters. The van der Waals surface area contributed by atoms with Crippen molar-refractivity contribution in [3.05, 3.63) is 90.4 Å². The van der Waals surface area contributed by atoms with Crippen LogP contribution in [0.1, 0.15) is 10.5 Å². The van der Waals surface area contributed by atoms with Crippen molar-refractivity contribution in [2.45, 2.75) is 0 Å². The summed E-state index contributed by atoms with van der Waals surface area (Å²) in [4.78, 5) is 21.1. The van der Waals surface area contributed by atoms with Gasteiger partial charge in [-0.25, -0.2) is 13.5 Å². The molecule has 2 aromatic heterocycles. The number of amides is 1. The van der Waals surface area contributed by atoms with Gasteiger partial charge in [-0.05, 0) is 48.5 Å². The Labute approximate surface area is 188 Å². The summed E-state index contributed by atoms with van der Waals surface area (Å²) in [6.07, 6.45) is 3.25. The SMILES string of the molecule is O=C(c1nnn(-c2ccc(F)cc2)c1-c1ccncc1)N1CCN(c2ccccc2F)CC1. The maximum Gasteiger partial charge on any atom is 0.276 e. The third-order valence-electron chi connectivity index (χ3n) is 5.66. The molecule has 1 saturated heterocycles. The monoisotopic (exact) mass is 446 g/mol. The number of pyridine rings is 1. The highest BCUT2D eigenvalue weighted by molar-refractivity contribution is 5.98. The zero-order valence-corrected chi connectivity index (χ0v) is 17.6. The maximum atomic E-state index is 14.2. The first-order chi connectivity index (χ1) is 16.1. The van der Waals surface area contributed by atoms with Crippen LogP contribution in [0.5, 0.6) is 0 Å². The molecular formula is C24H20F2N6O. The molecular weight excluding hydrogens is 426 g/mol. The Morgan fingerprint density at radius 2 is 1.55 bits per heavy atom. The Balaban J connectivity index is 1.44. The number of benzene rings is 2. The van der Waals surface area contributed by atoms with Gasteiger partial charge in [-0.3, -0.25) is 9.78 Å². The van der Waals surface area contributed by atoms with Crippen LogP contribution in [0.3, 0.4) is 0 Å². The molecule has 0 unspecified atom stereocenters. The minimum Gasteiger partial charge on any atom is -0.366 e. The average Bonchev–Trinajstić information content (AvgIpc) is 3.30. The van der Waals surface area contributed by atoms with Gasteiger partial charge in [-0.1, -0.05) is 17.3 Å². The number of rotatable bonds is 4. The van der Waals surface area contributed by atoms with Crippen molar-refractivity contribution in [3.8, 4) is 16.9 Å². The van der Waals surface area contributed by atoms with Crippen LogP contribution >= 0.6 is 0 Å². The van der Waals surface area contributed by atoms with Gasteiger partial charge in [-0.2, -0.15) is 0 Å². The van der Waals surface area contributed by atoms with Gasteiger partial charge in [-0.15, -0.1) is 5.10 Å². The van der Waals surface area contributed by atoms with E-state index in [1.807, 2.05) is 4.90 Å². The molecule has 5 rings (SSSR count).